The van der Waals surface area contributed by atoms with Gasteiger partial charge in [0, 0.05) is 29.9 Å². The second-order valence-corrected chi connectivity index (χ2v) is 11.4. The first-order valence-electron chi connectivity index (χ1n) is 14.3. The number of ketones is 1. The Morgan fingerprint density at radius 3 is 2.19 bits per heavy atom. The van der Waals surface area contributed by atoms with Gasteiger partial charge in [0.2, 0.25) is 0 Å². The molecule has 0 aromatic carbocycles. The third kappa shape index (κ3) is 15.3. The lowest BCUT2D eigenvalue weighted by Gasteiger charge is -2.30. The molecule has 0 aliphatic heterocycles. The molecule has 0 spiro atoms. The molecular formula is C33H45ClO9. The van der Waals surface area contributed by atoms with E-state index in [1.165, 1.54) is 24.3 Å². The molecule has 7 atom stereocenters. The Morgan fingerprint density at radius 1 is 0.907 bits per heavy atom. The van der Waals surface area contributed by atoms with Gasteiger partial charge >= 0.3 is 11.9 Å². The van der Waals surface area contributed by atoms with Gasteiger partial charge in [0.25, 0.3) is 0 Å². The molecule has 1 saturated carbocycles. The molecule has 238 valence electrons. The van der Waals surface area contributed by atoms with E-state index in [1.54, 1.807) is 49.5 Å². The molecule has 5 N–H and O–H groups in total. The molecule has 1 aliphatic carbocycles. The highest BCUT2D eigenvalue weighted by Crippen LogP contribution is 2.27. The maximum atomic E-state index is 12.3. The Hall–Kier alpha value is -3.08. The van der Waals surface area contributed by atoms with Crippen molar-refractivity contribution in [2.24, 2.45) is 17.8 Å². The molecule has 0 aromatic rings. The van der Waals surface area contributed by atoms with E-state index in [9.17, 15) is 34.8 Å². The number of halogens is 1. The summed E-state index contributed by atoms with van der Waals surface area (Å²) in [5.41, 5.74) is 0.826. The van der Waals surface area contributed by atoms with Gasteiger partial charge in [0.15, 0.2) is 5.78 Å². The minimum Gasteiger partial charge on any atom is -0.481 e. The number of allylic oxidation sites excluding steroid dienone is 11. The van der Waals surface area contributed by atoms with E-state index in [1.807, 2.05) is 26.8 Å². The average Bonchev–Trinajstić information content (AvgIpc) is 2.95. The fraction of sp³-hybridized carbons (Fsp3) is 0.485. The molecule has 0 aromatic heterocycles. The summed E-state index contributed by atoms with van der Waals surface area (Å²) in [6, 6.07) is 0. The number of aliphatic hydroxyl groups excluding tert-OH is 4. The van der Waals surface area contributed by atoms with Gasteiger partial charge in [0.05, 0.1) is 24.2 Å². The van der Waals surface area contributed by atoms with Gasteiger partial charge in [-0.25, -0.2) is 4.79 Å². The summed E-state index contributed by atoms with van der Waals surface area (Å²) in [7, 11) is 0. The molecule has 9 nitrogen and oxygen atoms in total. The molecule has 7 unspecified atom stereocenters. The van der Waals surface area contributed by atoms with Gasteiger partial charge in [-0.15, -0.1) is 0 Å². The number of esters is 1. The lowest BCUT2D eigenvalue weighted by Crippen LogP contribution is -2.39. The zero-order chi connectivity index (χ0) is 32.5. The summed E-state index contributed by atoms with van der Waals surface area (Å²) in [6.07, 6.45) is 13.7. The zero-order valence-electron chi connectivity index (χ0n) is 25.1. The van der Waals surface area contributed by atoms with Crippen LogP contribution in [-0.4, -0.2) is 73.8 Å². The average molecular weight is 621 g/mol. The Bertz CT molecular complexity index is 1130. The minimum atomic E-state index is -1.71. The highest BCUT2D eigenvalue weighted by molar-refractivity contribution is 6.30. The summed E-state index contributed by atoms with van der Waals surface area (Å²) in [4.78, 5) is 35.5. The first kappa shape index (κ1) is 37.9. The lowest BCUT2D eigenvalue weighted by molar-refractivity contribution is -0.159. The van der Waals surface area contributed by atoms with Gasteiger partial charge in [-0.2, -0.15) is 0 Å². The maximum Gasteiger partial charge on any atom is 0.331 e. The van der Waals surface area contributed by atoms with Crippen LogP contribution in [0.1, 0.15) is 53.4 Å². The van der Waals surface area contributed by atoms with Crippen molar-refractivity contribution in [2.75, 3.05) is 0 Å². The highest BCUT2D eigenvalue weighted by Gasteiger charge is 2.35. The minimum absolute atomic E-state index is 0.0773. The number of hydrogen-bond acceptors (Lipinski definition) is 8. The molecule has 0 heterocycles. The first-order valence-corrected chi connectivity index (χ1v) is 14.7. The van der Waals surface area contributed by atoms with Crippen LogP contribution < -0.4 is 0 Å². The number of carbonyl (C=O) groups excluding carboxylic acids is 2. The smallest absolute Gasteiger partial charge is 0.331 e. The third-order valence-electron chi connectivity index (χ3n) is 6.75. The van der Waals surface area contributed by atoms with Crippen LogP contribution in [0, 0.1) is 17.8 Å². The van der Waals surface area contributed by atoms with Gasteiger partial charge in [0.1, 0.15) is 12.2 Å². The van der Waals surface area contributed by atoms with Crippen molar-refractivity contribution in [3.05, 3.63) is 83.5 Å². The van der Waals surface area contributed by atoms with E-state index in [-0.39, 0.29) is 24.3 Å². The van der Waals surface area contributed by atoms with Crippen molar-refractivity contribution in [1.82, 2.24) is 0 Å². The number of hydrogen-bond donors (Lipinski definition) is 5. The Balaban J connectivity index is 2.57. The number of carboxylic acid groups (broad SMARTS) is 1. The summed E-state index contributed by atoms with van der Waals surface area (Å²) < 4.78 is 5.21. The largest absolute Gasteiger partial charge is 0.481 e. The predicted molar refractivity (Wildman–Crippen MR) is 166 cm³/mol. The molecular weight excluding hydrogens is 576 g/mol. The molecule has 1 fully saturated rings. The monoisotopic (exact) mass is 620 g/mol. The van der Waals surface area contributed by atoms with Gasteiger partial charge in [-0.1, -0.05) is 98.7 Å². The van der Waals surface area contributed by atoms with Crippen LogP contribution in [0.25, 0.3) is 0 Å². The first-order chi connectivity index (χ1) is 20.2. The Labute approximate surface area is 258 Å². The van der Waals surface area contributed by atoms with Crippen molar-refractivity contribution < 1.29 is 44.7 Å². The lowest BCUT2D eigenvalue weighted by atomic mass is 9.85. The SMILES string of the molecule is CC(/C=C/C=C/C(=O)OC1CC(C(=O)O)CCC1O)=C\C=C\C=C(/Cl)C(C)C(O)C(O)C(=O)CC(O)/C=C/C=C/C(C)C. The quantitative estimate of drug-likeness (QED) is 0.0960. The summed E-state index contributed by atoms with van der Waals surface area (Å²) in [5.74, 6) is -3.38. The molecule has 1 rings (SSSR count). The topological polar surface area (TPSA) is 162 Å². The van der Waals surface area contributed by atoms with Crippen LogP contribution >= 0.6 is 11.6 Å². The number of aliphatic carboxylic acids is 1. The van der Waals surface area contributed by atoms with Crippen LogP contribution in [-0.2, 0) is 19.1 Å². The number of rotatable bonds is 16. The fourth-order valence-electron chi connectivity index (χ4n) is 4.06. The Morgan fingerprint density at radius 2 is 1.53 bits per heavy atom. The van der Waals surface area contributed by atoms with Crippen molar-refractivity contribution in [3.8, 4) is 0 Å². The second-order valence-electron chi connectivity index (χ2n) is 10.9. The van der Waals surface area contributed by atoms with Crippen LogP contribution in [0.3, 0.4) is 0 Å². The molecule has 0 radical (unpaired) electrons. The van der Waals surface area contributed by atoms with Gasteiger partial charge in [-0.05, 0) is 31.8 Å². The van der Waals surface area contributed by atoms with E-state index in [0.29, 0.717) is 12.3 Å². The van der Waals surface area contributed by atoms with E-state index >= 15 is 0 Å². The maximum absolute atomic E-state index is 12.3. The number of Topliss-reactive ketones (excluding diaryl/α,β-unsaturated/α-hetero) is 1. The van der Waals surface area contributed by atoms with Crippen molar-refractivity contribution in [1.29, 1.82) is 0 Å². The highest BCUT2D eigenvalue weighted by atomic mass is 35.5. The summed E-state index contributed by atoms with van der Waals surface area (Å²) in [5, 5.41) is 50.0. The van der Waals surface area contributed by atoms with Gasteiger partial charge in [-0.3, -0.25) is 9.59 Å². The van der Waals surface area contributed by atoms with Crippen LogP contribution in [0.5, 0.6) is 0 Å². The second kappa shape index (κ2) is 20.0. The molecule has 0 bridgehead atoms. The normalized spacial score (nSPS) is 23.5. The number of ether oxygens (including phenoxy) is 1. The van der Waals surface area contributed by atoms with Gasteiger partial charge < -0.3 is 30.3 Å². The Kier molecular flexibility index (Phi) is 17.6. The molecule has 10 heteroatoms. The number of aliphatic hydroxyl groups is 4. The summed E-state index contributed by atoms with van der Waals surface area (Å²) >= 11 is 6.27. The van der Waals surface area contributed by atoms with E-state index < -0.39 is 60.1 Å². The molecule has 43 heavy (non-hydrogen) atoms. The molecule has 0 saturated heterocycles. The van der Waals surface area contributed by atoms with Crippen molar-refractivity contribution in [3.63, 3.8) is 0 Å². The van der Waals surface area contributed by atoms with Crippen LogP contribution in [0.15, 0.2) is 83.5 Å². The zero-order valence-corrected chi connectivity index (χ0v) is 25.9. The predicted octanol–water partition coefficient (Wildman–Crippen LogP) is 4.33. The third-order valence-corrected chi connectivity index (χ3v) is 7.22. The van der Waals surface area contributed by atoms with E-state index in [0.717, 1.165) is 5.57 Å². The number of carbonyl (C=O) groups is 3. The fourth-order valence-corrected chi connectivity index (χ4v) is 4.26. The summed E-state index contributed by atoms with van der Waals surface area (Å²) in [6.45, 7) is 7.40. The standard InChI is InChI=1S/C33H45ClO9/c1-21(2)11-5-8-14-25(35)20-28(37)32(40)31(39)23(4)26(34)15-9-6-12-22(3)13-7-10-16-30(38)43-29-19-24(33(41)42)17-18-27(29)36/h5-16,21,23-25,27,29,31-32,35-36,39-40H,17-20H2,1-4H3,(H,41,42)/b9-6+,11-5+,13-7+,14-8+,16-10+,22-12+,26-15-. The van der Waals surface area contributed by atoms with E-state index in [2.05, 4.69) is 0 Å². The van der Waals surface area contributed by atoms with Crippen molar-refractivity contribution >= 4 is 29.3 Å². The van der Waals surface area contributed by atoms with Crippen LogP contribution in [0.2, 0.25) is 0 Å². The van der Waals surface area contributed by atoms with Crippen LogP contribution in [0.4, 0.5) is 0 Å². The number of carboxylic acids is 1. The molecule has 0 amide bonds. The van der Waals surface area contributed by atoms with E-state index in [4.69, 9.17) is 21.4 Å². The molecule has 1 aliphatic rings. The van der Waals surface area contributed by atoms with Crippen molar-refractivity contribution in [2.45, 2.75) is 83.9 Å².